The molecule has 0 saturated heterocycles. The predicted octanol–water partition coefficient (Wildman–Crippen LogP) is 7.39. The lowest BCUT2D eigenvalue weighted by atomic mass is 9.50. The summed E-state index contributed by atoms with van der Waals surface area (Å²) in [6, 6.07) is 8.09. The van der Waals surface area contributed by atoms with E-state index in [1.807, 2.05) is 12.1 Å². The Bertz CT molecular complexity index is 1160. The van der Waals surface area contributed by atoms with Crippen LogP contribution in [0.4, 0.5) is 22.0 Å². The minimum absolute atomic E-state index is 0.0270. The number of rotatable bonds is 3. The van der Waals surface area contributed by atoms with Gasteiger partial charge in [0.05, 0.1) is 0 Å². The number of carbonyl (C=O) groups excluding carboxylic acids is 1. The van der Waals surface area contributed by atoms with E-state index in [0.717, 1.165) is 35.1 Å². The smallest absolute Gasteiger partial charge is 0.383 e. The van der Waals surface area contributed by atoms with Crippen LogP contribution in [0.3, 0.4) is 0 Å². The van der Waals surface area contributed by atoms with Crippen molar-refractivity contribution in [3.63, 3.8) is 0 Å². The number of carbonyl (C=O) groups is 1. The molecule has 7 heteroatoms. The van der Waals surface area contributed by atoms with Crippen LogP contribution < -0.4 is 0 Å². The summed E-state index contributed by atoms with van der Waals surface area (Å²) < 4.78 is 70.9. The van der Waals surface area contributed by atoms with Gasteiger partial charge in [0.25, 0.3) is 0 Å². The molecule has 5 atom stereocenters. The zero-order valence-corrected chi connectivity index (χ0v) is 20.3. The molecule has 5 aliphatic rings. The highest BCUT2D eigenvalue weighted by molar-refractivity contribution is 5.93. The molecule has 2 nitrogen and oxygen atoms in total. The molecule has 3 saturated carbocycles. The summed E-state index contributed by atoms with van der Waals surface area (Å²) in [5, 5.41) is 11.3. The molecule has 0 bridgehead atoms. The lowest BCUT2D eigenvalue weighted by Gasteiger charge is -2.56. The molecule has 3 fully saturated rings. The average molecular weight is 507 g/mol. The van der Waals surface area contributed by atoms with Gasteiger partial charge in [-0.1, -0.05) is 36.8 Å². The monoisotopic (exact) mass is 506 g/mol. The fourth-order valence-corrected chi connectivity index (χ4v) is 8.13. The van der Waals surface area contributed by atoms with Crippen molar-refractivity contribution < 1.29 is 31.9 Å². The van der Waals surface area contributed by atoms with Crippen molar-refractivity contribution in [2.24, 2.45) is 17.3 Å². The van der Waals surface area contributed by atoms with E-state index in [-0.39, 0.29) is 30.5 Å². The zero-order chi connectivity index (χ0) is 25.7. The van der Waals surface area contributed by atoms with E-state index in [9.17, 15) is 23.1 Å². The van der Waals surface area contributed by atoms with E-state index in [2.05, 4.69) is 12.1 Å². The standard InChI is InChI=1S/C29H31F5O2/c1-26-15-23(18-6-4-17(5-7-18)16-2-3-16)25-21-11-9-20(35)14-19(21)8-10-22(25)24(26)12-13-27(26,36)28(30,31)29(32,33)34/h4-7,14,16,22-24,36H,2-3,8-13,15H2,1H3/t22-,23+,24-,26-,27-/m0/s1. The fraction of sp³-hybridized carbons (Fsp3) is 0.621. The zero-order valence-electron chi connectivity index (χ0n) is 20.3. The molecule has 1 aromatic carbocycles. The molecular weight excluding hydrogens is 475 g/mol. The molecule has 5 aliphatic carbocycles. The van der Waals surface area contributed by atoms with Crippen molar-refractivity contribution in [2.75, 3.05) is 0 Å². The van der Waals surface area contributed by atoms with Gasteiger partial charge in [-0.15, -0.1) is 0 Å². The lowest BCUT2D eigenvalue weighted by Crippen LogP contribution is -2.65. The Morgan fingerprint density at radius 2 is 1.58 bits per heavy atom. The Morgan fingerprint density at radius 3 is 2.22 bits per heavy atom. The maximum Gasteiger partial charge on any atom is 0.456 e. The van der Waals surface area contributed by atoms with Gasteiger partial charge < -0.3 is 5.11 Å². The van der Waals surface area contributed by atoms with Gasteiger partial charge in [0.1, 0.15) is 5.60 Å². The third-order valence-electron chi connectivity index (χ3n) is 10.1. The van der Waals surface area contributed by atoms with Gasteiger partial charge in [-0.3, -0.25) is 4.79 Å². The van der Waals surface area contributed by atoms with Crippen molar-refractivity contribution in [3.05, 3.63) is 58.2 Å². The first-order valence-corrected chi connectivity index (χ1v) is 13.1. The Labute approximate surface area is 207 Å². The highest BCUT2D eigenvalue weighted by Gasteiger charge is 2.79. The molecule has 1 N–H and O–H groups in total. The van der Waals surface area contributed by atoms with Crippen LogP contribution in [0.25, 0.3) is 0 Å². The molecule has 36 heavy (non-hydrogen) atoms. The summed E-state index contributed by atoms with van der Waals surface area (Å²) in [7, 11) is 0. The first kappa shape index (κ1) is 24.3. The summed E-state index contributed by atoms with van der Waals surface area (Å²) in [5.41, 5.74) is 0.560. The van der Waals surface area contributed by atoms with Gasteiger partial charge in [-0.05, 0) is 97.5 Å². The number of alkyl halides is 5. The maximum atomic E-state index is 15.0. The Kier molecular flexibility index (Phi) is 5.24. The van der Waals surface area contributed by atoms with Crippen LogP contribution in [0.5, 0.6) is 0 Å². The van der Waals surface area contributed by atoms with Crippen LogP contribution >= 0.6 is 0 Å². The molecule has 0 radical (unpaired) electrons. The molecule has 0 unspecified atom stereocenters. The topological polar surface area (TPSA) is 37.3 Å². The summed E-state index contributed by atoms with van der Waals surface area (Å²) in [5.74, 6) is -5.61. The number of ketones is 1. The summed E-state index contributed by atoms with van der Waals surface area (Å²) in [6.07, 6.45) is -0.0775. The van der Waals surface area contributed by atoms with Crippen LogP contribution in [-0.4, -0.2) is 28.6 Å². The number of benzene rings is 1. The van der Waals surface area contributed by atoms with Crippen LogP contribution in [-0.2, 0) is 4.79 Å². The third-order valence-corrected chi connectivity index (χ3v) is 10.1. The summed E-state index contributed by atoms with van der Waals surface area (Å²) in [4.78, 5) is 12.1. The molecule has 0 aliphatic heterocycles. The van der Waals surface area contributed by atoms with Crippen molar-refractivity contribution in [1.29, 1.82) is 0 Å². The van der Waals surface area contributed by atoms with Crippen LogP contribution in [0, 0.1) is 17.3 Å². The fourth-order valence-electron chi connectivity index (χ4n) is 8.13. The number of hydrogen-bond acceptors (Lipinski definition) is 2. The Balaban J connectivity index is 1.50. The van der Waals surface area contributed by atoms with Gasteiger partial charge in [-0.2, -0.15) is 22.0 Å². The maximum absolute atomic E-state index is 15.0. The van der Waals surface area contributed by atoms with Crippen molar-refractivity contribution >= 4 is 5.78 Å². The van der Waals surface area contributed by atoms with Crippen molar-refractivity contribution in [1.82, 2.24) is 0 Å². The number of hydrogen-bond donors (Lipinski definition) is 1. The molecular formula is C29H31F5O2. The molecule has 6 rings (SSSR count). The molecule has 1 aromatic rings. The number of halogens is 5. The van der Waals surface area contributed by atoms with E-state index in [0.29, 0.717) is 31.6 Å². The SMILES string of the molecule is C[C@]12C[C@H](c3ccc(C4CC4)cc3)C3=C4CCC(=O)C=C4CC[C@H]3[C@@H]1CC[C@@]2(O)C(F)(F)C(F)(F)F. The van der Waals surface area contributed by atoms with Crippen molar-refractivity contribution in [2.45, 2.75) is 94.2 Å². The molecule has 0 aromatic heterocycles. The first-order chi connectivity index (χ1) is 16.9. The third kappa shape index (κ3) is 3.26. The first-order valence-electron chi connectivity index (χ1n) is 13.1. The summed E-state index contributed by atoms with van der Waals surface area (Å²) in [6.45, 7) is 1.47. The van der Waals surface area contributed by atoms with Gasteiger partial charge in [0.2, 0.25) is 0 Å². The van der Waals surface area contributed by atoms with Crippen LogP contribution in [0.15, 0.2) is 47.1 Å². The quantitative estimate of drug-likeness (QED) is 0.434. The van der Waals surface area contributed by atoms with E-state index in [4.69, 9.17) is 0 Å². The van der Waals surface area contributed by atoms with E-state index < -0.39 is 35.5 Å². The molecule has 0 amide bonds. The number of fused-ring (bicyclic) bond motifs is 4. The molecule has 194 valence electrons. The Hall–Kier alpha value is -2.02. The largest absolute Gasteiger partial charge is 0.456 e. The highest BCUT2D eigenvalue weighted by atomic mass is 19.4. The molecule has 0 heterocycles. The number of allylic oxidation sites excluding steroid dienone is 4. The minimum atomic E-state index is -5.83. The highest BCUT2D eigenvalue weighted by Crippen LogP contribution is 2.70. The van der Waals surface area contributed by atoms with Gasteiger partial charge >= 0.3 is 12.1 Å². The van der Waals surface area contributed by atoms with E-state index in [1.165, 1.54) is 12.5 Å². The second-order valence-electron chi connectivity index (χ2n) is 11.9. The van der Waals surface area contributed by atoms with Gasteiger partial charge in [0, 0.05) is 17.8 Å². The van der Waals surface area contributed by atoms with E-state index in [1.54, 1.807) is 6.08 Å². The minimum Gasteiger partial charge on any atom is -0.383 e. The van der Waals surface area contributed by atoms with Gasteiger partial charge in [0.15, 0.2) is 5.78 Å². The number of aliphatic hydroxyl groups is 1. The van der Waals surface area contributed by atoms with Gasteiger partial charge in [-0.25, -0.2) is 0 Å². The summed E-state index contributed by atoms with van der Waals surface area (Å²) >= 11 is 0. The Morgan fingerprint density at radius 1 is 0.917 bits per heavy atom. The molecule has 0 spiro atoms. The normalized spacial score (nSPS) is 36.8. The predicted molar refractivity (Wildman–Crippen MR) is 125 cm³/mol. The van der Waals surface area contributed by atoms with Crippen LogP contribution in [0.1, 0.15) is 87.7 Å². The van der Waals surface area contributed by atoms with Crippen LogP contribution in [0.2, 0.25) is 0 Å². The van der Waals surface area contributed by atoms with Crippen molar-refractivity contribution in [3.8, 4) is 0 Å². The van der Waals surface area contributed by atoms with E-state index >= 15 is 8.78 Å². The average Bonchev–Trinajstić information content (AvgIpc) is 3.63. The second-order valence-corrected chi connectivity index (χ2v) is 11.9. The lowest BCUT2D eigenvalue weighted by molar-refractivity contribution is -0.362. The second kappa shape index (κ2) is 7.75.